The lowest BCUT2D eigenvalue weighted by Crippen LogP contribution is -2.22. The van der Waals surface area contributed by atoms with Crippen molar-refractivity contribution in [3.05, 3.63) is 23.8 Å². The van der Waals surface area contributed by atoms with Gasteiger partial charge in [0.05, 0.1) is 18.1 Å². The van der Waals surface area contributed by atoms with E-state index in [0.717, 1.165) is 12.0 Å². The van der Waals surface area contributed by atoms with Crippen molar-refractivity contribution in [2.75, 3.05) is 26.0 Å². The Labute approximate surface area is 121 Å². The average molecular weight is 301 g/mol. The maximum Gasteiger partial charge on any atom is 0.161 e. The summed E-state index contributed by atoms with van der Waals surface area (Å²) < 4.78 is 34.1. The molecule has 0 aliphatic carbocycles. The zero-order valence-corrected chi connectivity index (χ0v) is 13.1. The van der Waals surface area contributed by atoms with Crippen LogP contribution < -0.4 is 15.2 Å². The largest absolute Gasteiger partial charge is 0.493 e. The van der Waals surface area contributed by atoms with Gasteiger partial charge in [-0.1, -0.05) is 6.07 Å². The predicted octanol–water partition coefficient (Wildman–Crippen LogP) is 1.40. The second kappa shape index (κ2) is 7.50. The molecule has 2 N–H and O–H groups in total. The average Bonchev–Trinajstić information content (AvgIpc) is 2.40. The molecular weight excluding hydrogens is 278 g/mol. The van der Waals surface area contributed by atoms with Crippen LogP contribution in [0.3, 0.4) is 0 Å². The highest BCUT2D eigenvalue weighted by Gasteiger charge is 2.16. The first-order valence-electron chi connectivity index (χ1n) is 6.62. The van der Waals surface area contributed by atoms with Gasteiger partial charge in [0.1, 0.15) is 6.61 Å². The number of benzene rings is 1. The number of methoxy groups -OCH3 is 1. The normalized spacial score (nSPS) is 11.7. The fraction of sp³-hybridized carbons (Fsp3) is 0.571. The van der Waals surface area contributed by atoms with Crippen molar-refractivity contribution >= 4 is 9.84 Å². The lowest BCUT2D eigenvalue weighted by molar-refractivity contribution is 0.311. The second-order valence-corrected chi connectivity index (χ2v) is 7.46. The van der Waals surface area contributed by atoms with Crippen molar-refractivity contribution in [2.45, 2.75) is 25.5 Å². The summed E-state index contributed by atoms with van der Waals surface area (Å²) in [5, 5.41) is -0.389. The Balaban J connectivity index is 2.69. The summed E-state index contributed by atoms with van der Waals surface area (Å²) in [4.78, 5) is 0. The van der Waals surface area contributed by atoms with Gasteiger partial charge < -0.3 is 15.2 Å². The molecule has 20 heavy (non-hydrogen) atoms. The maximum absolute atomic E-state index is 11.7. The number of ether oxygens (including phenoxy) is 2. The van der Waals surface area contributed by atoms with Crippen LogP contribution >= 0.6 is 0 Å². The molecule has 0 fully saturated rings. The Morgan fingerprint density at radius 3 is 2.50 bits per heavy atom. The topological polar surface area (TPSA) is 78.6 Å². The van der Waals surface area contributed by atoms with E-state index < -0.39 is 9.84 Å². The molecule has 0 saturated carbocycles. The smallest absolute Gasteiger partial charge is 0.161 e. The minimum atomic E-state index is -3.09. The highest BCUT2D eigenvalue weighted by atomic mass is 32.2. The van der Waals surface area contributed by atoms with Crippen molar-refractivity contribution < 1.29 is 17.9 Å². The Kier molecular flexibility index (Phi) is 6.29. The summed E-state index contributed by atoms with van der Waals surface area (Å²) in [6.45, 7) is 4.01. The van der Waals surface area contributed by atoms with E-state index in [9.17, 15) is 8.42 Å². The summed E-state index contributed by atoms with van der Waals surface area (Å²) >= 11 is 0. The number of hydrogen-bond acceptors (Lipinski definition) is 5. The van der Waals surface area contributed by atoms with E-state index in [-0.39, 0.29) is 17.6 Å². The van der Waals surface area contributed by atoms with Crippen molar-refractivity contribution in [1.29, 1.82) is 0 Å². The molecule has 0 aromatic heterocycles. The molecule has 1 aromatic rings. The van der Waals surface area contributed by atoms with E-state index >= 15 is 0 Å². The minimum absolute atomic E-state index is 0.00161. The summed E-state index contributed by atoms with van der Waals surface area (Å²) in [7, 11) is -1.53. The van der Waals surface area contributed by atoms with Crippen LogP contribution in [0.4, 0.5) is 0 Å². The predicted molar refractivity (Wildman–Crippen MR) is 80.2 cm³/mol. The zero-order valence-electron chi connectivity index (χ0n) is 12.3. The summed E-state index contributed by atoms with van der Waals surface area (Å²) in [6, 6.07) is 5.55. The van der Waals surface area contributed by atoms with Crippen molar-refractivity contribution in [2.24, 2.45) is 5.73 Å². The van der Waals surface area contributed by atoms with Crippen molar-refractivity contribution in [3.63, 3.8) is 0 Å². The fourth-order valence-electron chi connectivity index (χ4n) is 1.66. The molecule has 114 valence electrons. The van der Waals surface area contributed by atoms with E-state index in [2.05, 4.69) is 0 Å². The first-order chi connectivity index (χ1) is 9.40. The molecule has 0 amide bonds. The zero-order chi connectivity index (χ0) is 15.2. The maximum atomic E-state index is 11.7. The number of hydrogen-bond donors (Lipinski definition) is 1. The van der Waals surface area contributed by atoms with Gasteiger partial charge in [-0.05, 0) is 44.5 Å². The fourth-order valence-corrected chi connectivity index (χ4v) is 2.44. The molecule has 6 heteroatoms. The molecule has 0 aliphatic rings. The van der Waals surface area contributed by atoms with Crippen LogP contribution in [0.5, 0.6) is 11.5 Å². The number of rotatable bonds is 8. The van der Waals surface area contributed by atoms with E-state index in [4.69, 9.17) is 15.2 Å². The molecule has 0 radical (unpaired) electrons. The van der Waals surface area contributed by atoms with Crippen molar-refractivity contribution in [3.8, 4) is 11.5 Å². The standard InChI is InChI=1S/C14H23NO4S/c1-11(2)20(16,17)9-8-19-13-5-4-12(6-7-15)10-14(13)18-3/h4-5,10-11H,6-9,15H2,1-3H3. The first-order valence-corrected chi connectivity index (χ1v) is 8.33. The molecule has 1 rings (SSSR count). The van der Waals surface area contributed by atoms with Gasteiger partial charge in [-0.3, -0.25) is 0 Å². The molecule has 0 aliphatic heterocycles. The van der Waals surface area contributed by atoms with Gasteiger partial charge in [-0.15, -0.1) is 0 Å². The van der Waals surface area contributed by atoms with Gasteiger partial charge in [0.25, 0.3) is 0 Å². The molecule has 0 heterocycles. The summed E-state index contributed by atoms with van der Waals surface area (Å²) in [5.74, 6) is 1.14. The molecule has 1 aromatic carbocycles. The Hall–Kier alpha value is -1.27. The van der Waals surface area contributed by atoms with E-state index in [1.165, 1.54) is 0 Å². The lowest BCUT2D eigenvalue weighted by Gasteiger charge is -2.13. The molecule has 0 unspecified atom stereocenters. The lowest BCUT2D eigenvalue weighted by atomic mass is 10.1. The van der Waals surface area contributed by atoms with Gasteiger partial charge in [0, 0.05) is 0 Å². The number of sulfone groups is 1. The third-order valence-electron chi connectivity index (χ3n) is 3.00. The number of nitrogens with two attached hydrogens (primary N) is 1. The Bertz CT molecular complexity index is 526. The molecule has 0 atom stereocenters. The van der Waals surface area contributed by atoms with Crippen molar-refractivity contribution in [1.82, 2.24) is 0 Å². The molecule has 0 bridgehead atoms. The quantitative estimate of drug-likeness (QED) is 0.785. The monoisotopic (exact) mass is 301 g/mol. The third kappa shape index (κ3) is 4.68. The molecular formula is C14H23NO4S. The summed E-state index contributed by atoms with van der Waals surface area (Å²) in [5.41, 5.74) is 6.57. The van der Waals surface area contributed by atoms with Gasteiger partial charge >= 0.3 is 0 Å². The van der Waals surface area contributed by atoms with E-state index in [0.29, 0.717) is 18.0 Å². The van der Waals surface area contributed by atoms with Gasteiger partial charge in [0.15, 0.2) is 21.3 Å². The molecule has 0 saturated heterocycles. The Morgan fingerprint density at radius 2 is 1.95 bits per heavy atom. The van der Waals surface area contributed by atoms with E-state index in [1.54, 1.807) is 27.0 Å². The second-order valence-electron chi connectivity index (χ2n) is 4.79. The first kappa shape index (κ1) is 16.8. The van der Waals surface area contributed by atoms with Crippen LogP contribution in [0.1, 0.15) is 19.4 Å². The van der Waals surface area contributed by atoms with Crippen LogP contribution in [0.2, 0.25) is 0 Å². The van der Waals surface area contributed by atoms with Gasteiger partial charge in [-0.2, -0.15) is 0 Å². The van der Waals surface area contributed by atoms with Gasteiger partial charge in [-0.25, -0.2) is 8.42 Å². The Morgan fingerprint density at radius 1 is 1.25 bits per heavy atom. The van der Waals surface area contributed by atoms with Crippen LogP contribution in [0, 0.1) is 0 Å². The van der Waals surface area contributed by atoms with E-state index in [1.807, 2.05) is 12.1 Å². The van der Waals surface area contributed by atoms with Crippen LogP contribution in [0.15, 0.2) is 18.2 Å². The highest BCUT2D eigenvalue weighted by Crippen LogP contribution is 2.28. The van der Waals surface area contributed by atoms with Crippen LogP contribution in [-0.4, -0.2) is 39.7 Å². The SMILES string of the molecule is COc1cc(CCN)ccc1OCCS(=O)(=O)C(C)C. The highest BCUT2D eigenvalue weighted by molar-refractivity contribution is 7.91. The van der Waals surface area contributed by atoms with Gasteiger partial charge in [0.2, 0.25) is 0 Å². The van der Waals surface area contributed by atoms with Crippen LogP contribution in [-0.2, 0) is 16.3 Å². The third-order valence-corrected chi connectivity index (χ3v) is 5.18. The minimum Gasteiger partial charge on any atom is -0.493 e. The molecule has 0 spiro atoms. The summed E-state index contributed by atoms with van der Waals surface area (Å²) in [6.07, 6.45) is 0.762. The van der Waals surface area contributed by atoms with Crippen LogP contribution in [0.25, 0.3) is 0 Å². The molecule has 5 nitrogen and oxygen atoms in total.